The minimum Gasteiger partial charge on any atom is -0.292 e. The Hall–Kier alpha value is -1.18. The van der Waals surface area contributed by atoms with E-state index < -0.39 is 0 Å². The van der Waals surface area contributed by atoms with Crippen molar-refractivity contribution in [3.05, 3.63) is 35.6 Å². The fraction of sp³-hybridized carbons (Fsp3) is 0.364. The molecule has 0 saturated heterocycles. The molecule has 0 amide bonds. The Bertz CT molecular complexity index is 281. The SMILES string of the molecule is CCCCN=Cc1ccccc1F. The monoisotopic (exact) mass is 179 g/mol. The molecule has 1 nitrogen and oxygen atoms in total. The molecule has 1 aromatic rings. The van der Waals surface area contributed by atoms with Crippen molar-refractivity contribution >= 4 is 6.21 Å². The zero-order chi connectivity index (χ0) is 9.52. The van der Waals surface area contributed by atoms with E-state index in [1.807, 2.05) is 6.07 Å². The Morgan fingerprint density at radius 2 is 2.15 bits per heavy atom. The largest absolute Gasteiger partial charge is 0.292 e. The van der Waals surface area contributed by atoms with Crippen molar-refractivity contribution in [2.24, 2.45) is 4.99 Å². The van der Waals surface area contributed by atoms with Crippen LogP contribution in [0.2, 0.25) is 0 Å². The summed E-state index contributed by atoms with van der Waals surface area (Å²) in [7, 11) is 0. The van der Waals surface area contributed by atoms with E-state index in [2.05, 4.69) is 11.9 Å². The average molecular weight is 179 g/mol. The summed E-state index contributed by atoms with van der Waals surface area (Å²) >= 11 is 0. The molecule has 0 bridgehead atoms. The standard InChI is InChI=1S/C11H14FN/c1-2-3-8-13-9-10-6-4-5-7-11(10)12/h4-7,9H,2-3,8H2,1H3. The fourth-order valence-electron chi connectivity index (χ4n) is 0.992. The molecule has 0 aliphatic carbocycles. The molecule has 0 fully saturated rings. The molecule has 0 spiro atoms. The highest BCUT2D eigenvalue weighted by Crippen LogP contribution is 2.02. The van der Waals surface area contributed by atoms with Gasteiger partial charge in [0, 0.05) is 18.3 Å². The first-order valence-corrected chi connectivity index (χ1v) is 4.59. The van der Waals surface area contributed by atoms with Crippen molar-refractivity contribution in [3.8, 4) is 0 Å². The third kappa shape index (κ3) is 3.36. The fourth-order valence-corrected chi connectivity index (χ4v) is 0.992. The summed E-state index contributed by atoms with van der Waals surface area (Å²) in [5.74, 6) is -0.206. The van der Waals surface area contributed by atoms with Crippen LogP contribution in [0.5, 0.6) is 0 Å². The molecular weight excluding hydrogens is 165 g/mol. The Balaban J connectivity index is 2.53. The second-order valence-corrected chi connectivity index (χ2v) is 2.91. The molecule has 0 aromatic heterocycles. The zero-order valence-electron chi connectivity index (χ0n) is 7.83. The van der Waals surface area contributed by atoms with E-state index in [1.165, 1.54) is 6.07 Å². The molecule has 13 heavy (non-hydrogen) atoms. The third-order valence-corrected chi connectivity index (χ3v) is 1.78. The van der Waals surface area contributed by atoms with Crippen molar-refractivity contribution in [1.29, 1.82) is 0 Å². The summed E-state index contributed by atoms with van der Waals surface area (Å²) in [5.41, 5.74) is 0.568. The van der Waals surface area contributed by atoms with E-state index in [4.69, 9.17) is 0 Å². The van der Waals surface area contributed by atoms with E-state index in [-0.39, 0.29) is 5.82 Å². The van der Waals surface area contributed by atoms with Gasteiger partial charge < -0.3 is 0 Å². The Morgan fingerprint density at radius 3 is 2.85 bits per heavy atom. The average Bonchev–Trinajstić information content (AvgIpc) is 2.15. The molecule has 0 N–H and O–H groups in total. The highest BCUT2D eigenvalue weighted by atomic mass is 19.1. The Morgan fingerprint density at radius 1 is 1.38 bits per heavy atom. The molecule has 0 aliphatic rings. The number of aliphatic imine (C=N–C) groups is 1. The van der Waals surface area contributed by atoms with Crippen LogP contribution in [0.1, 0.15) is 25.3 Å². The highest BCUT2D eigenvalue weighted by molar-refractivity contribution is 5.79. The van der Waals surface area contributed by atoms with Crippen LogP contribution in [0.3, 0.4) is 0 Å². The summed E-state index contributed by atoms with van der Waals surface area (Å²) in [6.45, 7) is 2.89. The lowest BCUT2D eigenvalue weighted by Gasteiger charge is -1.94. The lowest BCUT2D eigenvalue weighted by molar-refractivity contribution is 0.626. The molecule has 0 atom stereocenters. The van der Waals surface area contributed by atoms with Crippen LogP contribution >= 0.6 is 0 Å². The number of unbranched alkanes of at least 4 members (excludes halogenated alkanes) is 1. The van der Waals surface area contributed by atoms with E-state index in [0.29, 0.717) is 5.56 Å². The number of hydrogen-bond donors (Lipinski definition) is 0. The van der Waals surface area contributed by atoms with Gasteiger partial charge in [0.15, 0.2) is 0 Å². The maximum atomic E-state index is 13.0. The van der Waals surface area contributed by atoms with Crippen LogP contribution < -0.4 is 0 Å². The lowest BCUT2D eigenvalue weighted by Crippen LogP contribution is -1.88. The first-order chi connectivity index (χ1) is 6.34. The van der Waals surface area contributed by atoms with Gasteiger partial charge in [0.05, 0.1) is 0 Å². The van der Waals surface area contributed by atoms with Crippen LogP contribution in [0.25, 0.3) is 0 Å². The van der Waals surface area contributed by atoms with Gasteiger partial charge in [-0.15, -0.1) is 0 Å². The lowest BCUT2D eigenvalue weighted by atomic mass is 10.2. The van der Waals surface area contributed by atoms with Crippen LogP contribution in [-0.4, -0.2) is 12.8 Å². The van der Waals surface area contributed by atoms with Gasteiger partial charge in [0.25, 0.3) is 0 Å². The zero-order valence-corrected chi connectivity index (χ0v) is 7.83. The quantitative estimate of drug-likeness (QED) is 0.497. The second kappa shape index (κ2) is 5.46. The number of halogens is 1. The minimum atomic E-state index is -0.206. The molecule has 1 rings (SSSR count). The Kier molecular flexibility index (Phi) is 4.16. The van der Waals surface area contributed by atoms with Gasteiger partial charge >= 0.3 is 0 Å². The molecule has 1 aromatic carbocycles. The summed E-state index contributed by atoms with van der Waals surface area (Å²) in [4.78, 5) is 4.13. The van der Waals surface area contributed by atoms with Crippen molar-refractivity contribution in [2.75, 3.05) is 6.54 Å². The predicted octanol–water partition coefficient (Wildman–Crippen LogP) is 3.04. The molecule has 0 aliphatic heterocycles. The number of benzene rings is 1. The van der Waals surface area contributed by atoms with E-state index in [1.54, 1.807) is 18.3 Å². The molecule has 0 unspecified atom stereocenters. The number of nitrogens with zero attached hydrogens (tertiary/aromatic N) is 1. The smallest absolute Gasteiger partial charge is 0.131 e. The second-order valence-electron chi connectivity index (χ2n) is 2.91. The molecular formula is C11H14FN. The van der Waals surface area contributed by atoms with Crippen LogP contribution in [-0.2, 0) is 0 Å². The molecule has 0 radical (unpaired) electrons. The third-order valence-electron chi connectivity index (χ3n) is 1.78. The van der Waals surface area contributed by atoms with E-state index in [0.717, 1.165) is 19.4 Å². The van der Waals surface area contributed by atoms with Gasteiger partial charge in [-0.25, -0.2) is 4.39 Å². The van der Waals surface area contributed by atoms with Crippen LogP contribution in [0, 0.1) is 5.82 Å². The van der Waals surface area contributed by atoms with Crippen molar-refractivity contribution < 1.29 is 4.39 Å². The molecule has 2 heteroatoms. The maximum absolute atomic E-state index is 13.0. The van der Waals surface area contributed by atoms with Gasteiger partial charge in [-0.3, -0.25) is 4.99 Å². The van der Waals surface area contributed by atoms with Gasteiger partial charge in [-0.1, -0.05) is 31.5 Å². The first-order valence-electron chi connectivity index (χ1n) is 4.59. The van der Waals surface area contributed by atoms with Crippen molar-refractivity contribution in [3.63, 3.8) is 0 Å². The summed E-state index contributed by atoms with van der Waals surface area (Å²) in [6, 6.07) is 6.66. The summed E-state index contributed by atoms with van der Waals surface area (Å²) < 4.78 is 13.0. The van der Waals surface area contributed by atoms with Gasteiger partial charge in [-0.2, -0.15) is 0 Å². The normalized spacial score (nSPS) is 10.9. The van der Waals surface area contributed by atoms with Gasteiger partial charge in [0.1, 0.15) is 5.82 Å². The topological polar surface area (TPSA) is 12.4 Å². The summed E-state index contributed by atoms with van der Waals surface area (Å²) in [6.07, 6.45) is 3.78. The first kappa shape index (κ1) is 9.90. The highest BCUT2D eigenvalue weighted by Gasteiger charge is 1.94. The molecule has 0 saturated carbocycles. The Labute approximate surface area is 78.3 Å². The molecule has 0 heterocycles. The van der Waals surface area contributed by atoms with Crippen LogP contribution in [0.15, 0.2) is 29.3 Å². The summed E-state index contributed by atoms with van der Waals surface area (Å²) in [5, 5.41) is 0. The minimum absolute atomic E-state index is 0.206. The van der Waals surface area contributed by atoms with E-state index >= 15 is 0 Å². The predicted molar refractivity (Wildman–Crippen MR) is 53.8 cm³/mol. The number of hydrogen-bond acceptors (Lipinski definition) is 1. The maximum Gasteiger partial charge on any atom is 0.131 e. The molecule has 70 valence electrons. The van der Waals surface area contributed by atoms with Crippen molar-refractivity contribution in [2.45, 2.75) is 19.8 Å². The van der Waals surface area contributed by atoms with Gasteiger partial charge in [0.2, 0.25) is 0 Å². The van der Waals surface area contributed by atoms with Crippen molar-refractivity contribution in [1.82, 2.24) is 0 Å². The van der Waals surface area contributed by atoms with E-state index in [9.17, 15) is 4.39 Å². The van der Waals surface area contributed by atoms with Crippen LogP contribution in [0.4, 0.5) is 4.39 Å². The number of rotatable bonds is 4. The van der Waals surface area contributed by atoms with Gasteiger partial charge in [-0.05, 0) is 12.5 Å².